The van der Waals surface area contributed by atoms with Gasteiger partial charge in [0.2, 0.25) is 0 Å². The molecule has 6 nitrogen and oxygen atoms in total. The quantitative estimate of drug-likeness (QED) is 0.608. The molecule has 3 rings (SSSR count). The van der Waals surface area contributed by atoms with Crippen LogP contribution in [0.2, 0.25) is 5.02 Å². The molecule has 1 heterocycles. The number of methoxy groups -OCH3 is 2. The van der Waals surface area contributed by atoms with Crippen LogP contribution in [-0.4, -0.2) is 25.1 Å². The number of nitrogens with zero attached hydrogens (tertiary/aromatic N) is 1. The molecule has 0 radical (unpaired) electrons. The molecular weight excluding hydrogens is 378 g/mol. The third kappa shape index (κ3) is 4.53. The van der Waals surface area contributed by atoms with Gasteiger partial charge in [-0.1, -0.05) is 17.7 Å². The number of nitrogens with one attached hydrogen (secondary N) is 2. The van der Waals surface area contributed by atoms with Gasteiger partial charge in [-0.15, -0.1) is 0 Å². The number of pyridine rings is 1. The van der Waals surface area contributed by atoms with Crippen LogP contribution >= 0.6 is 11.6 Å². The van der Waals surface area contributed by atoms with E-state index in [0.717, 1.165) is 11.3 Å². The van der Waals surface area contributed by atoms with E-state index in [4.69, 9.17) is 21.1 Å². The van der Waals surface area contributed by atoms with Gasteiger partial charge >= 0.3 is 0 Å². The first-order valence-electron chi connectivity index (χ1n) is 8.53. The Bertz CT molecular complexity index is 1010. The van der Waals surface area contributed by atoms with E-state index in [1.54, 1.807) is 50.7 Å². The Balaban J connectivity index is 1.80. The molecule has 3 aromatic rings. The van der Waals surface area contributed by atoms with E-state index in [2.05, 4.69) is 15.6 Å². The van der Waals surface area contributed by atoms with Crippen LogP contribution in [0, 0.1) is 6.92 Å². The van der Waals surface area contributed by atoms with Crippen molar-refractivity contribution in [3.8, 4) is 11.5 Å². The molecule has 0 aliphatic heterocycles. The maximum atomic E-state index is 12.6. The molecule has 0 aliphatic carbocycles. The van der Waals surface area contributed by atoms with Gasteiger partial charge in [-0.3, -0.25) is 9.78 Å². The molecule has 0 atom stereocenters. The average Bonchev–Trinajstić information content (AvgIpc) is 2.71. The number of aromatic nitrogens is 1. The van der Waals surface area contributed by atoms with E-state index in [1.165, 1.54) is 0 Å². The molecule has 1 aromatic heterocycles. The highest BCUT2D eigenvalue weighted by Crippen LogP contribution is 2.31. The van der Waals surface area contributed by atoms with E-state index in [-0.39, 0.29) is 11.6 Å². The van der Waals surface area contributed by atoms with Crippen LogP contribution in [0.15, 0.2) is 54.7 Å². The van der Waals surface area contributed by atoms with Crippen LogP contribution in [0.4, 0.5) is 17.1 Å². The lowest BCUT2D eigenvalue weighted by Gasteiger charge is -2.13. The molecule has 2 N–H and O–H groups in total. The fourth-order valence-corrected chi connectivity index (χ4v) is 2.78. The number of rotatable bonds is 6. The lowest BCUT2D eigenvalue weighted by atomic mass is 10.2. The number of ether oxygens (including phenoxy) is 2. The molecule has 0 unspecified atom stereocenters. The molecule has 0 saturated heterocycles. The maximum absolute atomic E-state index is 12.6. The summed E-state index contributed by atoms with van der Waals surface area (Å²) in [6, 6.07) is 14.2. The normalized spacial score (nSPS) is 10.3. The minimum absolute atomic E-state index is 0.275. The van der Waals surface area contributed by atoms with Crippen molar-refractivity contribution in [2.24, 2.45) is 0 Å². The third-order valence-corrected chi connectivity index (χ3v) is 4.36. The van der Waals surface area contributed by atoms with Crippen LogP contribution in [0.3, 0.4) is 0 Å². The Kier molecular flexibility index (Phi) is 6.01. The van der Waals surface area contributed by atoms with Crippen LogP contribution < -0.4 is 20.1 Å². The van der Waals surface area contributed by atoms with E-state index in [0.29, 0.717) is 27.9 Å². The summed E-state index contributed by atoms with van der Waals surface area (Å²) in [6.45, 7) is 1.90. The highest BCUT2D eigenvalue weighted by molar-refractivity contribution is 6.31. The molecule has 0 saturated carbocycles. The molecule has 0 bridgehead atoms. The highest BCUT2D eigenvalue weighted by atomic mass is 35.5. The van der Waals surface area contributed by atoms with Crippen LogP contribution in [0.1, 0.15) is 16.1 Å². The molecule has 2 aromatic carbocycles. The van der Waals surface area contributed by atoms with Crippen molar-refractivity contribution in [3.63, 3.8) is 0 Å². The lowest BCUT2D eigenvalue weighted by molar-refractivity contribution is 0.102. The Morgan fingerprint density at radius 2 is 1.82 bits per heavy atom. The van der Waals surface area contributed by atoms with Gasteiger partial charge in [-0.05, 0) is 48.9 Å². The van der Waals surface area contributed by atoms with Crippen molar-refractivity contribution in [2.45, 2.75) is 6.92 Å². The minimum Gasteiger partial charge on any atom is -0.497 e. The summed E-state index contributed by atoms with van der Waals surface area (Å²) in [6.07, 6.45) is 1.57. The fraction of sp³-hybridized carbons (Fsp3) is 0.143. The first kappa shape index (κ1) is 19.5. The summed E-state index contributed by atoms with van der Waals surface area (Å²) < 4.78 is 10.6. The summed E-state index contributed by atoms with van der Waals surface area (Å²) in [5, 5.41) is 6.63. The van der Waals surface area contributed by atoms with Gasteiger partial charge in [0.1, 0.15) is 17.2 Å². The number of hydrogen-bond acceptors (Lipinski definition) is 5. The fourth-order valence-electron chi connectivity index (χ4n) is 2.60. The first-order valence-corrected chi connectivity index (χ1v) is 8.90. The summed E-state index contributed by atoms with van der Waals surface area (Å²) in [5.41, 5.74) is 3.28. The summed E-state index contributed by atoms with van der Waals surface area (Å²) in [4.78, 5) is 16.8. The van der Waals surface area contributed by atoms with Gasteiger partial charge in [0, 0.05) is 28.7 Å². The molecule has 1 amide bonds. The van der Waals surface area contributed by atoms with Crippen LogP contribution in [0.5, 0.6) is 11.5 Å². The number of carbonyl (C=O) groups is 1. The summed E-state index contributed by atoms with van der Waals surface area (Å²) in [7, 11) is 3.18. The Morgan fingerprint density at radius 1 is 1.00 bits per heavy atom. The maximum Gasteiger partial charge on any atom is 0.274 e. The molecule has 144 valence electrons. The van der Waals surface area contributed by atoms with Crippen molar-refractivity contribution >= 4 is 34.6 Å². The zero-order chi connectivity index (χ0) is 20.1. The van der Waals surface area contributed by atoms with Gasteiger partial charge in [-0.25, -0.2) is 0 Å². The molecule has 28 heavy (non-hydrogen) atoms. The number of amides is 1. The van der Waals surface area contributed by atoms with Gasteiger partial charge in [0.05, 0.1) is 19.9 Å². The van der Waals surface area contributed by atoms with Crippen molar-refractivity contribution in [3.05, 3.63) is 71.0 Å². The Hall–Kier alpha value is -3.25. The molecule has 0 fully saturated rings. The largest absolute Gasteiger partial charge is 0.497 e. The minimum atomic E-state index is -0.323. The van der Waals surface area contributed by atoms with Crippen molar-refractivity contribution in [2.75, 3.05) is 24.9 Å². The second kappa shape index (κ2) is 8.63. The number of halogens is 1. The topological polar surface area (TPSA) is 72.5 Å². The number of aryl methyl sites for hydroxylation is 1. The highest BCUT2D eigenvalue weighted by Gasteiger charge is 2.12. The van der Waals surface area contributed by atoms with Crippen LogP contribution in [-0.2, 0) is 0 Å². The molecule has 0 spiro atoms. The lowest BCUT2D eigenvalue weighted by Crippen LogP contribution is -2.14. The third-order valence-electron chi connectivity index (χ3n) is 4.13. The second-order valence-corrected chi connectivity index (χ2v) is 6.47. The van der Waals surface area contributed by atoms with Crippen molar-refractivity contribution < 1.29 is 14.3 Å². The monoisotopic (exact) mass is 397 g/mol. The van der Waals surface area contributed by atoms with Gasteiger partial charge in [0.15, 0.2) is 0 Å². The first-order chi connectivity index (χ1) is 13.5. The zero-order valence-corrected chi connectivity index (χ0v) is 16.5. The van der Waals surface area contributed by atoms with Gasteiger partial charge in [-0.2, -0.15) is 0 Å². The molecule has 0 aliphatic rings. The SMILES string of the molecule is COc1ccc(Nc2ccnc(C(=O)Nc3cc(Cl)ccc3C)c2)c(OC)c1. The van der Waals surface area contributed by atoms with Crippen LogP contribution in [0.25, 0.3) is 0 Å². The van der Waals surface area contributed by atoms with Crippen molar-refractivity contribution in [1.82, 2.24) is 4.98 Å². The van der Waals surface area contributed by atoms with E-state index < -0.39 is 0 Å². The second-order valence-electron chi connectivity index (χ2n) is 6.03. The summed E-state index contributed by atoms with van der Waals surface area (Å²) >= 11 is 6.01. The van der Waals surface area contributed by atoms with E-state index in [1.807, 2.05) is 25.1 Å². The average molecular weight is 398 g/mol. The number of hydrogen-bond donors (Lipinski definition) is 2. The van der Waals surface area contributed by atoms with Crippen molar-refractivity contribution in [1.29, 1.82) is 0 Å². The number of anilines is 3. The number of carbonyl (C=O) groups excluding carboxylic acids is 1. The number of benzene rings is 2. The Labute approximate surface area is 168 Å². The molecule has 7 heteroatoms. The predicted octanol–water partition coefficient (Wildman–Crippen LogP) is 5.06. The van der Waals surface area contributed by atoms with E-state index >= 15 is 0 Å². The Morgan fingerprint density at radius 3 is 2.57 bits per heavy atom. The predicted molar refractivity (Wildman–Crippen MR) is 111 cm³/mol. The van der Waals surface area contributed by atoms with Gasteiger partial charge in [0.25, 0.3) is 5.91 Å². The molecular formula is C21H20ClN3O3. The van der Waals surface area contributed by atoms with E-state index in [9.17, 15) is 4.79 Å². The zero-order valence-electron chi connectivity index (χ0n) is 15.7. The summed E-state index contributed by atoms with van der Waals surface area (Å²) in [5.74, 6) is 0.988. The standard InChI is InChI=1S/C21H20ClN3O3/c1-13-4-5-14(22)10-18(13)25-21(26)19-11-15(8-9-23-19)24-17-7-6-16(27-2)12-20(17)28-3/h4-12H,1-3H3,(H,23,24)(H,25,26). The van der Waals surface area contributed by atoms with Gasteiger partial charge < -0.3 is 20.1 Å². The smallest absolute Gasteiger partial charge is 0.274 e.